The molecule has 0 bridgehead atoms. The van der Waals surface area contributed by atoms with Crippen LogP contribution in [-0.2, 0) is 0 Å². The Morgan fingerprint density at radius 1 is 1.50 bits per heavy atom. The molecule has 0 amide bonds. The van der Waals surface area contributed by atoms with E-state index >= 15 is 0 Å². The van der Waals surface area contributed by atoms with Gasteiger partial charge >= 0.3 is 0 Å². The van der Waals surface area contributed by atoms with Gasteiger partial charge in [0.15, 0.2) is 0 Å². The lowest BCUT2D eigenvalue weighted by molar-refractivity contribution is 0.452. The van der Waals surface area contributed by atoms with Gasteiger partial charge in [-0.1, -0.05) is 13.0 Å². The fourth-order valence-corrected chi connectivity index (χ4v) is 2.04. The summed E-state index contributed by atoms with van der Waals surface area (Å²) >= 11 is 6.17. The third-order valence-electron chi connectivity index (χ3n) is 2.77. The first kappa shape index (κ1) is 9.78. The average molecular weight is 211 g/mol. The number of aromatic nitrogens is 1. The fourth-order valence-electron chi connectivity index (χ4n) is 1.87. The van der Waals surface area contributed by atoms with Crippen molar-refractivity contribution in [2.24, 2.45) is 5.92 Å². The van der Waals surface area contributed by atoms with Gasteiger partial charge in [-0.2, -0.15) is 0 Å². The van der Waals surface area contributed by atoms with E-state index in [9.17, 15) is 0 Å². The highest BCUT2D eigenvalue weighted by Crippen LogP contribution is 2.24. The first-order chi connectivity index (χ1) is 6.77. The van der Waals surface area contributed by atoms with E-state index in [-0.39, 0.29) is 0 Å². The lowest BCUT2D eigenvalue weighted by atomic mass is 10.00. The van der Waals surface area contributed by atoms with Crippen LogP contribution in [0.5, 0.6) is 0 Å². The minimum atomic E-state index is 0.329. The highest BCUT2D eigenvalue weighted by Gasteiger charge is 2.24. The highest BCUT2D eigenvalue weighted by molar-refractivity contribution is 6.20. The van der Waals surface area contributed by atoms with Crippen LogP contribution in [0.3, 0.4) is 0 Å². The van der Waals surface area contributed by atoms with Gasteiger partial charge in [-0.15, -0.1) is 11.6 Å². The largest absolute Gasteiger partial charge is 0.356 e. The van der Waals surface area contributed by atoms with Crippen LogP contribution in [0.2, 0.25) is 0 Å². The van der Waals surface area contributed by atoms with Gasteiger partial charge in [-0.25, -0.2) is 4.98 Å². The predicted octanol–water partition coefficient (Wildman–Crippen LogP) is 2.54. The maximum Gasteiger partial charge on any atom is 0.128 e. The Morgan fingerprint density at radius 2 is 2.36 bits per heavy atom. The summed E-state index contributed by atoms with van der Waals surface area (Å²) in [6.45, 7) is 4.24. The summed E-state index contributed by atoms with van der Waals surface area (Å²) in [6, 6.07) is 6.03. The summed E-state index contributed by atoms with van der Waals surface area (Å²) in [5, 5.41) is 0.329. The summed E-state index contributed by atoms with van der Waals surface area (Å²) < 4.78 is 0. The molecule has 2 heterocycles. The smallest absolute Gasteiger partial charge is 0.128 e. The van der Waals surface area contributed by atoms with Crippen LogP contribution in [0.1, 0.15) is 13.3 Å². The van der Waals surface area contributed by atoms with Crippen LogP contribution < -0.4 is 4.90 Å². The predicted molar refractivity (Wildman–Crippen MR) is 59.9 cm³/mol. The highest BCUT2D eigenvalue weighted by atomic mass is 35.5. The SMILES string of the molecule is CC1CN(c2ccccn2)CCC1Cl. The molecule has 0 aliphatic carbocycles. The molecule has 1 aliphatic heterocycles. The van der Waals surface area contributed by atoms with Gasteiger partial charge in [0.1, 0.15) is 5.82 Å². The Morgan fingerprint density at radius 3 is 3.00 bits per heavy atom. The molecule has 1 fully saturated rings. The van der Waals surface area contributed by atoms with E-state index in [1.54, 1.807) is 0 Å². The fraction of sp³-hybridized carbons (Fsp3) is 0.545. The average Bonchev–Trinajstić information content (AvgIpc) is 2.23. The van der Waals surface area contributed by atoms with Gasteiger partial charge in [0.25, 0.3) is 0 Å². The van der Waals surface area contributed by atoms with Gasteiger partial charge in [-0.05, 0) is 24.5 Å². The minimum Gasteiger partial charge on any atom is -0.356 e. The zero-order valence-corrected chi connectivity index (χ0v) is 9.11. The Labute approximate surface area is 89.9 Å². The zero-order valence-electron chi connectivity index (χ0n) is 8.36. The van der Waals surface area contributed by atoms with Crippen molar-refractivity contribution < 1.29 is 0 Å². The van der Waals surface area contributed by atoms with E-state index in [2.05, 4.69) is 22.9 Å². The third-order valence-corrected chi connectivity index (χ3v) is 3.42. The first-order valence-electron chi connectivity index (χ1n) is 5.07. The molecule has 2 unspecified atom stereocenters. The molecule has 1 aliphatic rings. The normalized spacial score (nSPS) is 27.7. The molecular weight excluding hydrogens is 196 g/mol. The van der Waals surface area contributed by atoms with Crippen LogP contribution in [0.4, 0.5) is 5.82 Å². The second-order valence-electron chi connectivity index (χ2n) is 3.92. The van der Waals surface area contributed by atoms with Crippen molar-refractivity contribution in [1.29, 1.82) is 0 Å². The van der Waals surface area contributed by atoms with E-state index in [1.165, 1.54) is 0 Å². The number of hydrogen-bond donors (Lipinski definition) is 0. The molecule has 0 spiro atoms. The van der Waals surface area contributed by atoms with E-state index in [0.717, 1.165) is 25.3 Å². The van der Waals surface area contributed by atoms with Crippen LogP contribution >= 0.6 is 11.6 Å². The van der Waals surface area contributed by atoms with E-state index in [1.807, 2.05) is 18.3 Å². The number of piperidine rings is 1. The number of alkyl halides is 1. The molecule has 1 aromatic rings. The van der Waals surface area contributed by atoms with E-state index < -0.39 is 0 Å². The van der Waals surface area contributed by atoms with Crippen molar-refractivity contribution in [3.8, 4) is 0 Å². The topological polar surface area (TPSA) is 16.1 Å². The second-order valence-corrected chi connectivity index (χ2v) is 4.48. The number of halogens is 1. The summed E-state index contributed by atoms with van der Waals surface area (Å²) in [7, 11) is 0. The van der Waals surface area contributed by atoms with Crippen molar-refractivity contribution in [2.45, 2.75) is 18.7 Å². The number of anilines is 1. The first-order valence-corrected chi connectivity index (χ1v) is 5.51. The van der Waals surface area contributed by atoms with Gasteiger partial charge < -0.3 is 4.90 Å². The number of hydrogen-bond acceptors (Lipinski definition) is 2. The second kappa shape index (κ2) is 4.18. The van der Waals surface area contributed by atoms with Crippen LogP contribution in [0, 0.1) is 5.92 Å². The molecule has 2 nitrogen and oxygen atoms in total. The summed E-state index contributed by atoms with van der Waals surface area (Å²) in [5.74, 6) is 1.62. The number of nitrogens with zero attached hydrogens (tertiary/aromatic N) is 2. The molecule has 0 N–H and O–H groups in total. The van der Waals surface area contributed by atoms with Gasteiger partial charge in [0, 0.05) is 24.7 Å². The molecule has 3 heteroatoms. The van der Waals surface area contributed by atoms with Crippen molar-refractivity contribution in [2.75, 3.05) is 18.0 Å². The summed E-state index contributed by atoms with van der Waals surface area (Å²) in [6.07, 6.45) is 2.89. The Balaban J connectivity index is 2.07. The van der Waals surface area contributed by atoms with Crippen molar-refractivity contribution in [1.82, 2.24) is 4.98 Å². The van der Waals surface area contributed by atoms with E-state index in [4.69, 9.17) is 11.6 Å². The van der Waals surface area contributed by atoms with E-state index in [0.29, 0.717) is 11.3 Å². The van der Waals surface area contributed by atoms with Gasteiger partial charge in [0.05, 0.1) is 0 Å². The lowest BCUT2D eigenvalue weighted by Gasteiger charge is -2.34. The van der Waals surface area contributed by atoms with Crippen molar-refractivity contribution in [3.05, 3.63) is 24.4 Å². The number of pyridine rings is 1. The third kappa shape index (κ3) is 2.01. The monoisotopic (exact) mass is 210 g/mol. The molecule has 2 rings (SSSR count). The molecule has 0 aromatic carbocycles. The zero-order chi connectivity index (χ0) is 9.97. The molecule has 14 heavy (non-hydrogen) atoms. The Bertz CT molecular complexity index is 289. The van der Waals surface area contributed by atoms with Gasteiger partial charge in [0.2, 0.25) is 0 Å². The minimum absolute atomic E-state index is 0.329. The van der Waals surface area contributed by atoms with Crippen LogP contribution in [0.25, 0.3) is 0 Å². The van der Waals surface area contributed by atoms with Crippen molar-refractivity contribution in [3.63, 3.8) is 0 Å². The molecule has 0 saturated carbocycles. The molecule has 0 radical (unpaired) electrons. The molecular formula is C11H15ClN2. The van der Waals surface area contributed by atoms with Crippen LogP contribution in [-0.4, -0.2) is 23.5 Å². The summed E-state index contributed by atoms with van der Waals surface area (Å²) in [5.41, 5.74) is 0. The van der Waals surface area contributed by atoms with Crippen LogP contribution in [0.15, 0.2) is 24.4 Å². The molecule has 76 valence electrons. The molecule has 1 aromatic heterocycles. The Kier molecular flexibility index (Phi) is 2.92. The van der Waals surface area contributed by atoms with Gasteiger partial charge in [-0.3, -0.25) is 0 Å². The quantitative estimate of drug-likeness (QED) is 0.663. The molecule has 1 saturated heterocycles. The van der Waals surface area contributed by atoms with Crippen molar-refractivity contribution >= 4 is 17.4 Å². The maximum absolute atomic E-state index is 6.17. The molecule has 2 atom stereocenters. The lowest BCUT2D eigenvalue weighted by Crippen LogP contribution is -2.40. The summed E-state index contributed by atoms with van der Waals surface area (Å²) in [4.78, 5) is 6.65. The standard InChI is InChI=1S/C11H15ClN2/c1-9-8-14(7-5-10(9)12)11-4-2-3-6-13-11/h2-4,6,9-10H,5,7-8H2,1H3. The maximum atomic E-state index is 6.17. The number of rotatable bonds is 1. The Hall–Kier alpha value is -0.760.